The number of azo groups is 1. The lowest BCUT2D eigenvalue weighted by atomic mass is 10.1. The molecule has 0 fully saturated rings. The van der Waals surface area contributed by atoms with Gasteiger partial charge in [0.1, 0.15) is 5.69 Å². The van der Waals surface area contributed by atoms with Crippen molar-refractivity contribution in [2.75, 3.05) is 5.32 Å². The van der Waals surface area contributed by atoms with Gasteiger partial charge in [-0.1, -0.05) is 30.3 Å². The van der Waals surface area contributed by atoms with Crippen molar-refractivity contribution >= 4 is 33.9 Å². The standard InChI is InChI=1S/C23H20N4O/c1-15-7-8-16(2)21(13-15)25-23(28)17-9-11-18(12-10-17)26-27-22-14-24-20-6-4-3-5-19(20)22/h3-14,24H,1-2H3,(H,25,28). The minimum absolute atomic E-state index is 0.145. The molecule has 3 aromatic carbocycles. The zero-order chi connectivity index (χ0) is 19.5. The quantitative estimate of drug-likeness (QED) is 0.399. The SMILES string of the molecule is Cc1ccc(C)c(NC(=O)c2ccc(N=Nc3c[nH]c4ccccc34)cc2)c1. The molecule has 0 unspecified atom stereocenters. The number of rotatable bonds is 4. The van der Waals surface area contributed by atoms with Crippen molar-refractivity contribution in [2.45, 2.75) is 13.8 Å². The Hall–Kier alpha value is -3.73. The van der Waals surface area contributed by atoms with Gasteiger partial charge in [-0.15, -0.1) is 5.11 Å². The molecule has 0 saturated carbocycles. The van der Waals surface area contributed by atoms with Crippen LogP contribution < -0.4 is 5.32 Å². The maximum absolute atomic E-state index is 12.5. The van der Waals surface area contributed by atoms with E-state index in [0.717, 1.165) is 33.4 Å². The number of carbonyl (C=O) groups is 1. The van der Waals surface area contributed by atoms with Gasteiger partial charge in [0.05, 0.1) is 5.69 Å². The molecule has 1 amide bonds. The summed E-state index contributed by atoms with van der Waals surface area (Å²) in [4.78, 5) is 15.7. The lowest BCUT2D eigenvalue weighted by Crippen LogP contribution is -2.12. The van der Waals surface area contributed by atoms with E-state index >= 15 is 0 Å². The van der Waals surface area contributed by atoms with Crippen molar-refractivity contribution in [2.24, 2.45) is 10.2 Å². The molecule has 1 heterocycles. The molecule has 0 aliphatic rings. The second-order valence-electron chi connectivity index (χ2n) is 6.74. The van der Waals surface area contributed by atoms with Crippen molar-refractivity contribution in [1.29, 1.82) is 0 Å². The number of nitrogens with one attached hydrogen (secondary N) is 2. The van der Waals surface area contributed by atoms with Crippen LogP contribution in [0.3, 0.4) is 0 Å². The van der Waals surface area contributed by atoms with Gasteiger partial charge in [0.15, 0.2) is 0 Å². The molecule has 1 aromatic heterocycles. The average molecular weight is 368 g/mol. The van der Waals surface area contributed by atoms with E-state index < -0.39 is 0 Å². The summed E-state index contributed by atoms with van der Waals surface area (Å²) in [6.45, 7) is 3.98. The van der Waals surface area contributed by atoms with Crippen molar-refractivity contribution < 1.29 is 4.79 Å². The highest BCUT2D eigenvalue weighted by Crippen LogP contribution is 2.27. The molecule has 0 bridgehead atoms. The highest BCUT2D eigenvalue weighted by molar-refractivity contribution is 6.04. The molecule has 0 aliphatic carbocycles. The van der Waals surface area contributed by atoms with E-state index in [9.17, 15) is 4.79 Å². The Kier molecular flexibility index (Phi) is 4.72. The number of nitrogens with zero attached hydrogens (tertiary/aromatic N) is 2. The van der Waals surface area contributed by atoms with Crippen LogP contribution in [0.4, 0.5) is 17.1 Å². The molecule has 5 heteroatoms. The lowest BCUT2D eigenvalue weighted by Gasteiger charge is -2.09. The maximum atomic E-state index is 12.5. The maximum Gasteiger partial charge on any atom is 0.255 e. The monoisotopic (exact) mass is 368 g/mol. The van der Waals surface area contributed by atoms with Crippen LogP contribution in [-0.4, -0.2) is 10.9 Å². The Morgan fingerprint density at radius 2 is 1.71 bits per heavy atom. The van der Waals surface area contributed by atoms with Crippen molar-refractivity contribution in [3.8, 4) is 0 Å². The summed E-state index contributed by atoms with van der Waals surface area (Å²) < 4.78 is 0. The van der Waals surface area contributed by atoms with Crippen molar-refractivity contribution in [3.05, 3.63) is 89.6 Å². The first kappa shape index (κ1) is 17.7. The van der Waals surface area contributed by atoms with E-state index in [-0.39, 0.29) is 5.91 Å². The van der Waals surface area contributed by atoms with Gasteiger partial charge in [-0.2, -0.15) is 5.11 Å². The predicted molar refractivity (Wildman–Crippen MR) is 113 cm³/mol. The Morgan fingerprint density at radius 3 is 2.54 bits per heavy atom. The summed E-state index contributed by atoms with van der Waals surface area (Å²) in [5.74, 6) is -0.145. The summed E-state index contributed by atoms with van der Waals surface area (Å²) in [5, 5.41) is 12.6. The number of aromatic amines is 1. The number of hydrogen-bond donors (Lipinski definition) is 2. The minimum atomic E-state index is -0.145. The van der Waals surface area contributed by atoms with Crippen LogP contribution in [0.25, 0.3) is 10.9 Å². The molecule has 2 N–H and O–H groups in total. The van der Waals surface area contributed by atoms with E-state index in [4.69, 9.17) is 0 Å². The van der Waals surface area contributed by atoms with E-state index in [1.807, 2.05) is 62.5 Å². The van der Waals surface area contributed by atoms with Crippen LogP contribution in [0.2, 0.25) is 0 Å². The second kappa shape index (κ2) is 7.48. The fraction of sp³-hybridized carbons (Fsp3) is 0.0870. The third-order valence-corrected chi connectivity index (χ3v) is 4.61. The Balaban J connectivity index is 1.49. The molecule has 138 valence electrons. The second-order valence-corrected chi connectivity index (χ2v) is 6.74. The van der Waals surface area contributed by atoms with E-state index in [2.05, 4.69) is 20.5 Å². The minimum Gasteiger partial charge on any atom is -0.359 e. The predicted octanol–water partition coefficient (Wildman–Crippen LogP) is 6.45. The topological polar surface area (TPSA) is 69.6 Å². The Labute approximate surface area is 163 Å². The first-order valence-corrected chi connectivity index (χ1v) is 9.07. The summed E-state index contributed by atoms with van der Waals surface area (Å²) in [6.07, 6.45) is 1.83. The number of benzene rings is 3. The van der Waals surface area contributed by atoms with Gasteiger partial charge in [0.2, 0.25) is 0 Å². The van der Waals surface area contributed by atoms with Crippen LogP contribution in [0, 0.1) is 13.8 Å². The lowest BCUT2D eigenvalue weighted by molar-refractivity contribution is 0.102. The number of anilines is 1. The molecule has 28 heavy (non-hydrogen) atoms. The highest BCUT2D eigenvalue weighted by Gasteiger charge is 2.08. The van der Waals surface area contributed by atoms with Gasteiger partial charge in [-0.05, 0) is 61.4 Å². The smallest absolute Gasteiger partial charge is 0.255 e. The number of para-hydroxylation sites is 1. The fourth-order valence-electron chi connectivity index (χ4n) is 3.00. The van der Waals surface area contributed by atoms with Gasteiger partial charge in [-0.3, -0.25) is 4.79 Å². The van der Waals surface area contributed by atoms with Crippen LogP contribution in [-0.2, 0) is 0 Å². The Bertz CT molecular complexity index is 1170. The third kappa shape index (κ3) is 3.69. The van der Waals surface area contributed by atoms with E-state index in [1.54, 1.807) is 24.3 Å². The number of aromatic nitrogens is 1. The summed E-state index contributed by atoms with van der Waals surface area (Å²) in [7, 11) is 0. The average Bonchev–Trinajstić information content (AvgIpc) is 3.13. The molecular formula is C23H20N4O. The first-order chi connectivity index (χ1) is 13.6. The summed E-state index contributed by atoms with van der Waals surface area (Å²) in [6, 6.07) is 21.0. The molecule has 5 nitrogen and oxygen atoms in total. The van der Waals surface area contributed by atoms with Crippen molar-refractivity contribution in [1.82, 2.24) is 4.98 Å². The molecule has 0 atom stereocenters. The number of hydrogen-bond acceptors (Lipinski definition) is 3. The third-order valence-electron chi connectivity index (χ3n) is 4.61. The van der Waals surface area contributed by atoms with Crippen molar-refractivity contribution in [3.63, 3.8) is 0 Å². The van der Waals surface area contributed by atoms with E-state index in [1.165, 1.54) is 0 Å². The number of fused-ring (bicyclic) bond motifs is 1. The fourth-order valence-corrected chi connectivity index (χ4v) is 3.00. The largest absolute Gasteiger partial charge is 0.359 e. The normalized spacial score (nSPS) is 11.2. The van der Waals surface area contributed by atoms with Crippen LogP contribution in [0.15, 0.2) is 83.2 Å². The molecule has 0 saturated heterocycles. The van der Waals surface area contributed by atoms with Gasteiger partial charge < -0.3 is 10.3 Å². The van der Waals surface area contributed by atoms with Crippen LogP contribution in [0.1, 0.15) is 21.5 Å². The summed E-state index contributed by atoms with van der Waals surface area (Å²) in [5.41, 5.74) is 6.04. The Morgan fingerprint density at radius 1 is 0.929 bits per heavy atom. The zero-order valence-corrected chi connectivity index (χ0v) is 15.7. The molecule has 0 radical (unpaired) electrons. The number of H-pyrrole nitrogens is 1. The van der Waals surface area contributed by atoms with Gasteiger partial charge in [0.25, 0.3) is 5.91 Å². The van der Waals surface area contributed by atoms with Gasteiger partial charge in [0, 0.05) is 28.4 Å². The van der Waals surface area contributed by atoms with Crippen LogP contribution in [0.5, 0.6) is 0 Å². The highest BCUT2D eigenvalue weighted by atomic mass is 16.1. The molecule has 4 rings (SSSR count). The van der Waals surface area contributed by atoms with Crippen LogP contribution >= 0.6 is 0 Å². The molecule has 4 aromatic rings. The van der Waals surface area contributed by atoms with Gasteiger partial charge >= 0.3 is 0 Å². The van der Waals surface area contributed by atoms with Gasteiger partial charge in [-0.25, -0.2) is 0 Å². The summed E-state index contributed by atoms with van der Waals surface area (Å²) >= 11 is 0. The number of amides is 1. The molecule has 0 spiro atoms. The zero-order valence-electron chi connectivity index (χ0n) is 15.7. The van der Waals surface area contributed by atoms with E-state index in [0.29, 0.717) is 11.3 Å². The molecule has 0 aliphatic heterocycles. The number of aryl methyl sites for hydroxylation is 2. The first-order valence-electron chi connectivity index (χ1n) is 9.07. The number of carbonyl (C=O) groups excluding carboxylic acids is 1. The molecular weight excluding hydrogens is 348 g/mol.